The van der Waals surface area contributed by atoms with E-state index in [0.29, 0.717) is 5.56 Å². The smallest absolute Gasteiger partial charge is 0.165 e. The maximum absolute atomic E-state index is 13.9. The van der Waals surface area contributed by atoms with Crippen LogP contribution in [0.1, 0.15) is 22.8 Å². The van der Waals surface area contributed by atoms with Gasteiger partial charge in [-0.2, -0.15) is 0 Å². The number of rotatable bonds is 3. The molecule has 2 rings (SSSR count). The predicted molar refractivity (Wildman–Crippen MR) is 73.4 cm³/mol. The summed E-state index contributed by atoms with van der Waals surface area (Å²) in [5.41, 5.74) is 0.772. The van der Waals surface area contributed by atoms with Crippen LogP contribution in [-0.2, 0) is 0 Å². The Morgan fingerprint density at radius 1 is 1.00 bits per heavy atom. The van der Waals surface area contributed by atoms with Gasteiger partial charge in [-0.15, -0.1) is 11.8 Å². The molecule has 1 N–H and O–H groups in total. The summed E-state index contributed by atoms with van der Waals surface area (Å²) in [7, 11) is 0. The van der Waals surface area contributed by atoms with E-state index in [4.69, 9.17) is 0 Å². The van der Waals surface area contributed by atoms with Crippen LogP contribution in [0.5, 0.6) is 0 Å². The minimum absolute atomic E-state index is 0.0374. The van der Waals surface area contributed by atoms with E-state index < -0.39 is 17.7 Å². The molecule has 2 aromatic rings. The lowest BCUT2D eigenvalue weighted by Crippen LogP contribution is -2.06. The summed E-state index contributed by atoms with van der Waals surface area (Å²) >= 11 is 1.46. The van der Waals surface area contributed by atoms with Gasteiger partial charge in [0.15, 0.2) is 11.6 Å². The largest absolute Gasteiger partial charge is 0.384 e. The summed E-state index contributed by atoms with van der Waals surface area (Å²) in [5.74, 6) is -1.89. The maximum Gasteiger partial charge on any atom is 0.165 e. The van der Waals surface area contributed by atoms with E-state index in [9.17, 15) is 13.9 Å². The lowest BCUT2D eigenvalue weighted by atomic mass is 9.99. The van der Waals surface area contributed by atoms with Gasteiger partial charge >= 0.3 is 0 Å². The first kappa shape index (κ1) is 14.0. The third kappa shape index (κ3) is 2.65. The zero-order valence-electron chi connectivity index (χ0n) is 10.7. The van der Waals surface area contributed by atoms with Crippen LogP contribution in [0.25, 0.3) is 0 Å². The molecule has 2 aromatic carbocycles. The second kappa shape index (κ2) is 5.72. The van der Waals surface area contributed by atoms with Crippen molar-refractivity contribution in [3.05, 3.63) is 64.7 Å². The first-order chi connectivity index (χ1) is 9.06. The first-order valence-electron chi connectivity index (χ1n) is 5.81. The van der Waals surface area contributed by atoms with Gasteiger partial charge in [0.25, 0.3) is 0 Å². The van der Waals surface area contributed by atoms with E-state index in [1.165, 1.54) is 30.8 Å². The Hall–Kier alpha value is -1.39. The third-order valence-electron chi connectivity index (χ3n) is 3.03. The van der Waals surface area contributed by atoms with Crippen molar-refractivity contribution in [1.82, 2.24) is 0 Å². The zero-order chi connectivity index (χ0) is 14.0. The maximum atomic E-state index is 13.9. The van der Waals surface area contributed by atoms with Crippen LogP contribution in [0.4, 0.5) is 8.78 Å². The number of halogens is 2. The number of thioether (sulfide) groups is 1. The molecule has 1 atom stereocenters. The topological polar surface area (TPSA) is 20.2 Å². The molecule has 0 saturated carbocycles. The Morgan fingerprint density at radius 2 is 1.68 bits per heavy atom. The molecule has 0 radical (unpaired) electrons. The van der Waals surface area contributed by atoms with Crippen LogP contribution in [0.3, 0.4) is 0 Å². The highest BCUT2D eigenvalue weighted by Gasteiger charge is 2.20. The molecule has 0 spiro atoms. The highest BCUT2D eigenvalue weighted by atomic mass is 32.2. The molecule has 0 aliphatic carbocycles. The molecule has 0 aromatic heterocycles. The lowest BCUT2D eigenvalue weighted by Gasteiger charge is -2.16. The van der Waals surface area contributed by atoms with Gasteiger partial charge in [0.2, 0.25) is 0 Å². The summed E-state index contributed by atoms with van der Waals surface area (Å²) in [5, 5.41) is 10.3. The number of benzene rings is 2. The second-order valence-corrected chi connectivity index (χ2v) is 5.09. The Kier molecular flexibility index (Phi) is 4.22. The number of hydrogen-bond donors (Lipinski definition) is 1. The van der Waals surface area contributed by atoms with Gasteiger partial charge in [0.1, 0.15) is 6.10 Å². The second-order valence-electron chi connectivity index (χ2n) is 4.24. The van der Waals surface area contributed by atoms with Crippen molar-refractivity contribution in [2.45, 2.75) is 17.9 Å². The third-order valence-corrected chi connectivity index (χ3v) is 3.84. The Morgan fingerprint density at radius 3 is 2.37 bits per heavy atom. The highest BCUT2D eigenvalue weighted by molar-refractivity contribution is 7.98. The average molecular weight is 280 g/mol. The van der Waals surface area contributed by atoms with E-state index in [2.05, 4.69) is 0 Å². The molecular formula is C15H14F2OS. The zero-order valence-corrected chi connectivity index (χ0v) is 11.5. The summed E-state index contributed by atoms with van der Waals surface area (Å²) in [6, 6.07) is 10.1. The van der Waals surface area contributed by atoms with E-state index in [-0.39, 0.29) is 11.1 Å². The van der Waals surface area contributed by atoms with Gasteiger partial charge in [0, 0.05) is 10.5 Å². The molecule has 19 heavy (non-hydrogen) atoms. The van der Waals surface area contributed by atoms with Crippen LogP contribution < -0.4 is 0 Å². The highest BCUT2D eigenvalue weighted by Crippen LogP contribution is 2.32. The van der Waals surface area contributed by atoms with Crippen LogP contribution in [-0.4, -0.2) is 11.4 Å². The van der Waals surface area contributed by atoms with Gasteiger partial charge in [-0.1, -0.05) is 30.3 Å². The average Bonchev–Trinajstić information content (AvgIpc) is 2.44. The molecular weight excluding hydrogens is 266 g/mol. The summed E-state index contributed by atoms with van der Waals surface area (Å²) in [6.07, 6.45) is 0.705. The lowest BCUT2D eigenvalue weighted by molar-refractivity contribution is 0.210. The van der Waals surface area contributed by atoms with Crippen molar-refractivity contribution in [2.75, 3.05) is 6.26 Å². The molecule has 4 heteroatoms. The van der Waals surface area contributed by atoms with Crippen LogP contribution in [0.15, 0.2) is 41.3 Å². The van der Waals surface area contributed by atoms with Crippen molar-refractivity contribution >= 4 is 11.8 Å². The SMILES string of the molecule is CSc1ccccc1C(O)c1ccc(C)c(F)c1F. The molecule has 0 amide bonds. The predicted octanol–water partition coefficient (Wildman–Crippen LogP) is 4.08. The molecule has 1 nitrogen and oxygen atoms in total. The number of aryl methyl sites for hydroxylation is 1. The summed E-state index contributed by atoms with van der Waals surface area (Å²) in [4.78, 5) is 0.843. The quantitative estimate of drug-likeness (QED) is 0.855. The van der Waals surface area contributed by atoms with Crippen LogP contribution in [0.2, 0.25) is 0 Å². The fraction of sp³-hybridized carbons (Fsp3) is 0.200. The standard InChI is InChI=1S/C15H14F2OS/c1-9-7-8-11(14(17)13(9)16)15(18)10-5-3-4-6-12(10)19-2/h3-8,15,18H,1-2H3. The minimum atomic E-state index is -1.17. The van der Waals surface area contributed by atoms with E-state index in [0.717, 1.165) is 4.90 Å². The Balaban J connectivity index is 2.50. The number of aliphatic hydroxyl groups is 1. The van der Waals surface area contributed by atoms with Gasteiger partial charge in [-0.25, -0.2) is 8.78 Å². The molecule has 100 valence electrons. The van der Waals surface area contributed by atoms with Gasteiger partial charge in [-0.3, -0.25) is 0 Å². The minimum Gasteiger partial charge on any atom is -0.384 e. The molecule has 0 fully saturated rings. The first-order valence-corrected chi connectivity index (χ1v) is 7.04. The molecule has 0 saturated heterocycles. The molecule has 0 heterocycles. The molecule has 0 aliphatic rings. The van der Waals surface area contributed by atoms with Crippen molar-refractivity contribution in [3.8, 4) is 0 Å². The monoisotopic (exact) mass is 280 g/mol. The number of aliphatic hydroxyl groups excluding tert-OH is 1. The van der Waals surface area contributed by atoms with Crippen molar-refractivity contribution in [3.63, 3.8) is 0 Å². The van der Waals surface area contributed by atoms with Crippen molar-refractivity contribution < 1.29 is 13.9 Å². The normalized spacial score (nSPS) is 12.5. The van der Waals surface area contributed by atoms with Gasteiger partial charge < -0.3 is 5.11 Å². The summed E-state index contributed by atoms with van der Waals surface area (Å²) < 4.78 is 27.5. The van der Waals surface area contributed by atoms with E-state index >= 15 is 0 Å². The fourth-order valence-corrected chi connectivity index (χ4v) is 2.56. The summed E-state index contributed by atoms with van der Waals surface area (Å²) in [6.45, 7) is 1.49. The van der Waals surface area contributed by atoms with Gasteiger partial charge in [0.05, 0.1) is 0 Å². The Labute approximate surface area is 115 Å². The molecule has 0 aliphatic heterocycles. The van der Waals surface area contributed by atoms with Crippen LogP contribution in [0, 0.1) is 18.6 Å². The van der Waals surface area contributed by atoms with Gasteiger partial charge in [-0.05, 0) is 30.4 Å². The van der Waals surface area contributed by atoms with E-state index in [1.54, 1.807) is 12.1 Å². The van der Waals surface area contributed by atoms with E-state index in [1.807, 2.05) is 18.4 Å². The van der Waals surface area contributed by atoms with Crippen LogP contribution >= 0.6 is 11.8 Å². The molecule has 1 unspecified atom stereocenters. The molecule has 0 bridgehead atoms. The van der Waals surface area contributed by atoms with Crippen molar-refractivity contribution in [2.24, 2.45) is 0 Å². The fourth-order valence-electron chi connectivity index (χ4n) is 1.93. The van der Waals surface area contributed by atoms with Crippen molar-refractivity contribution in [1.29, 1.82) is 0 Å². The Bertz CT molecular complexity index is 599. The number of hydrogen-bond acceptors (Lipinski definition) is 2.